The van der Waals surface area contributed by atoms with Gasteiger partial charge in [-0.3, -0.25) is 9.59 Å². The number of unbranched alkanes of at least 4 members (excludes halogenated alkanes) is 1. The van der Waals surface area contributed by atoms with E-state index >= 15 is 0 Å². The molecule has 0 bridgehead atoms. The van der Waals surface area contributed by atoms with Crippen LogP contribution in [0.3, 0.4) is 0 Å². The highest BCUT2D eigenvalue weighted by atomic mass is 32.1. The first-order valence-corrected chi connectivity index (χ1v) is 7.09. The molecular formula is C13H17NO3S. The molecule has 18 heavy (non-hydrogen) atoms. The molecule has 0 atom stereocenters. The normalized spacial score (nSPS) is 14.3. The van der Waals surface area contributed by atoms with Crippen LogP contribution in [0.25, 0.3) is 0 Å². The van der Waals surface area contributed by atoms with Gasteiger partial charge < -0.3 is 10.0 Å². The van der Waals surface area contributed by atoms with Gasteiger partial charge in [-0.05, 0) is 36.3 Å². The number of aliphatic carboxylic acids is 1. The number of carboxylic acids is 1. The van der Waals surface area contributed by atoms with Crippen molar-refractivity contribution in [3.63, 3.8) is 0 Å². The maximum absolute atomic E-state index is 12.0. The van der Waals surface area contributed by atoms with Gasteiger partial charge in [-0.25, -0.2) is 0 Å². The van der Waals surface area contributed by atoms with Crippen LogP contribution in [0.2, 0.25) is 0 Å². The predicted octanol–water partition coefficient (Wildman–Crippen LogP) is 2.28. The SMILES string of the molecule is O=C(O)CCCCC(=O)N1CCc2ccsc2C1. The second-order valence-electron chi connectivity index (χ2n) is 4.54. The van der Waals surface area contributed by atoms with E-state index in [9.17, 15) is 9.59 Å². The molecule has 1 amide bonds. The first kappa shape index (κ1) is 13.1. The molecule has 0 spiro atoms. The van der Waals surface area contributed by atoms with Crippen molar-refractivity contribution in [1.29, 1.82) is 0 Å². The number of carbonyl (C=O) groups is 2. The van der Waals surface area contributed by atoms with Crippen molar-refractivity contribution in [3.05, 3.63) is 21.9 Å². The van der Waals surface area contributed by atoms with Crippen LogP contribution in [-0.4, -0.2) is 28.4 Å². The van der Waals surface area contributed by atoms with Gasteiger partial charge in [0.15, 0.2) is 0 Å². The first-order chi connectivity index (χ1) is 8.66. The number of fused-ring (bicyclic) bond motifs is 1. The Morgan fingerprint density at radius 1 is 1.33 bits per heavy atom. The van der Waals surface area contributed by atoms with Crippen molar-refractivity contribution in [1.82, 2.24) is 4.90 Å². The van der Waals surface area contributed by atoms with Crippen LogP contribution in [0.4, 0.5) is 0 Å². The number of rotatable bonds is 5. The summed E-state index contributed by atoms with van der Waals surface area (Å²) in [6.45, 7) is 1.52. The van der Waals surface area contributed by atoms with E-state index in [1.807, 2.05) is 4.90 Å². The van der Waals surface area contributed by atoms with E-state index in [4.69, 9.17) is 5.11 Å². The molecule has 0 radical (unpaired) electrons. The summed E-state index contributed by atoms with van der Waals surface area (Å²) in [5.41, 5.74) is 1.37. The summed E-state index contributed by atoms with van der Waals surface area (Å²) in [4.78, 5) is 25.5. The average molecular weight is 267 g/mol. The number of amides is 1. The fraction of sp³-hybridized carbons (Fsp3) is 0.538. The molecule has 1 aromatic rings. The molecule has 1 N–H and O–H groups in total. The van der Waals surface area contributed by atoms with Crippen molar-refractivity contribution < 1.29 is 14.7 Å². The molecule has 5 heteroatoms. The fourth-order valence-corrected chi connectivity index (χ4v) is 3.11. The molecule has 1 aromatic heterocycles. The van der Waals surface area contributed by atoms with Gasteiger partial charge in [-0.15, -0.1) is 11.3 Å². The zero-order valence-corrected chi connectivity index (χ0v) is 11.0. The zero-order chi connectivity index (χ0) is 13.0. The Hall–Kier alpha value is -1.36. The van der Waals surface area contributed by atoms with E-state index < -0.39 is 5.97 Å². The fourth-order valence-electron chi connectivity index (χ4n) is 2.16. The van der Waals surface area contributed by atoms with Gasteiger partial charge in [0.05, 0.1) is 6.54 Å². The molecule has 0 aliphatic carbocycles. The van der Waals surface area contributed by atoms with Crippen LogP contribution in [0.15, 0.2) is 11.4 Å². The lowest BCUT2D eigenvalue weighted by atomic mass is 10.1. The monoisotopic (exact) mass is 267 g/mol. The molecular weight excluding hydrogens is 250 g/mol. The molecule has 0 aromatic carbocycles. The molecule has 0 saturated heterocycles. The maximum atomic E-state index is 12.0. The van der Waals surface area contributed by atoms with Crippen LogP contribution in [0.5, 0.6) is 0 Å². The Bertz CT molecular complexity index is 441. The Kier molecular flexibility index (Phi) is 4.36. The number of carboxylic acid groups (broad SMARTS) is 1. The molecule has 0 unspecified atom stereocenters. The van der Waals surface area contributed by atoms with Gasteiger partial charge in [0.1, 0.15) is 0 Å². The van der Waals surface area contributed by atoms with Gasteiger partial charge in [-0.2, -0.15) is 0 Å². The zero-order valence-electron chi connectivity index (χ0n) is 10.2. The molecule has 2 heterocycles. The summed E-state index contributed by atoms with van der Waals surface area (Å²) in [7, 11) is 0. The van der Waals surface area contributed by atoms with E-state index in [0.29, 0.717) is 19.3 Å². The Morgan fingerprint density at radius 3 is 2.89 bits per heavy atom. The summed E-state index contributed by atoms with van der Waals surface area (Å²) in [6, 6.07) is 2.13. The van der Waals surface area contributed by atoms with Crippen LogP contribution in [0, 0.1) is 0 Å². The summed E-state index contributed by atoms with van der Waals surface area (Å²) < 4.78 is 0. The van der Waals surface area contributed by atoms with Crippen LogP contribution in [0.1, 0.15) is 36.1 Å². The minimum atomic E-state index is -0.788. The highest BCUT2D eigenvalue weighted by molar-refractivity contribution is 7.10. The van der Waals surface area contributed by atoms with Crippen molar-refractivity contribution in [2.75, 3.05) is 6.54 Å². The van der Waals surface area contributed by atoms with Gasteiger partial charge in [0, 0.05) is 24.3 Å². The molecule has 4 nitrogen and oxygen atoms in total. The Balaban J connectivity index is 1.75. The third-order valence-electron chi connectivity index (χ3n) is 3.21. The number of thiophene rings is 1. The largest absolute Gasteiger partial charge is 0.481 e. The molecule has 0 fully saturated rings. The predicted molar refractivity (Wildman–Crippen MR) is 69.5 cm³/mol. The summed E-state index contributed by atoms with van der Waals surface area (Å²) in [6.07, 6.45) is 2.81. The molecule has 1 aliphatic rings. The molecule has 2 rings (SSSR count). The minimum Gasteiger partial charge on any atom is -0.481 e. The second-order valence-corrected chi connectivity index (χ2v) is 5.54. The van der Waals surface area contributed by atoms with Crippen molar-refractivity contribution >= 4 is 23.2 Å². The van der Waals surface area contributed by atoms with E-state index in [-0.39, 0.29) is 12.3 Å². The highest BCUT2D eigenvalue weighted by Gasteiger charge is 2.20. The topological polar surface area (TPSA) is 57.6 Å². The van der Waals surface area contributed by atoms with Crippen molar-refractivity contribution in [2.45, 2.75) is 38.6 Å². The average Bonchev–Trinajstić information content (AvgIpc) is 2.81. The molecule has 1 aliphatic heterocycles. The van der Waals surface area contributed by atoms with E-state index in [2.05, 4.69) is 11.4 Å². The second kappa shape index (κ2) is 6.00. The first-order valence-electron chi connectivity index (χ1n) is 6.21. The standard InChI is InChI=1S/C13H17NO3S/c15-12(3-1-2-4-13(16)17)14-7-5-10-6-8-18-11(10)9-14/h6,8H,1-5,7,9H2,(H,16,17). The molecule has 98 valence electrons. The van der Waals surface area contributed by atoms with Crippen molar-refractivity contribution in [2.24, 2.45) is 0 Å². The van der Waals surface area contributed by atoms with Gasteiger partial charge in [0.25, 0.3) is 0 Å². The summed E-state index contributed by atoms with van der Waals surface area (Å²) in [5, 5.41) is 10.6. The lowest BCUT2D eigenvalue weighted by molar-refractivity contribution is -0.137. The smallest absolute Gasteiger partial charge is 0.303 e. The van der Waals surface area contributed by atoms with Crippen LogP contribution in [-0.2, 0) is 22.6 Å². The Morgan fingerprint density at radius 2 is 2.11 bits per heavy atom. The van der Waals surface area contributed by atoms with Gasteiger partial charge in [-0.1, -0.05) is 0 Å². The number of nitrogens with zero attached hydrogens (tertiary/aromatic N) is 1. The Labute approximate surface area is 110 Å². The minimum absolute atomic E-state index is 0.152. The van der Waals surface area contributed by atoms with Crippen molar-refractivity contribution in [3.8, 4) is 0 Å². The summed E-state index contributed by atoms with van der Waals surface area (Å²) >= 11 is 1.71. The quantitative estimate of drug-likeness (QED) is 0.833. The highest BCUT2D eigenvalue weighted by Crippen LogP contribution is 2.24. The van der Waals surface area contributed by atoms with E-state index in [1.54, 1.807) is 11.3 Å². The van der Waals surface area contributed by atoms with E-state index in [0.717, 1.165) is 19.5 Å². The number of hydrogen-bond acceptors (Lipinski definition) is 3. The third-order valence-corrected chi connectivity index (χ3v) is 4.16. The van der Waals surface area contributed by atoms with Crippen LogP contribution >= 0.6 is 11.3 Å². The van der Waals surface area contributed by atoms with Gasteiger partial charge >= 0.3 is 5.97 Å². The van der Waals surface area contributed by atoms with E-state index in [1.165, 1.54) is 10.4 Å². The maximum Gasteiger partial charge on any atom is 0.303 e. The number of hydrogen-bond donors (Lipinski definition) is 1. The molecule has 0 saturated carbocycles. The lowest BCUT2D eigenvalue weighted by Gasteiger charge is -2.27. The third kappa shape index (κ3) is 3.32. The summed E-state index contributed by atoms with van der Waals surface area (Å²) in [5.74, 6) is -0.636. The lowest BCUT2D eigenvalue weighted by Crippen LogP contribution is -2.35. The van der Waals surface area contributed by atoms with Crippen LogP contribution < -0.4 is 0 Å². The van der Waals surface area contributed by atoms with Gasteiger partial charge in [0.2, 0.25) is 5.91 Å². The number of carbonyl (C=O) groups excluding carboxylic acids is 1.